The molecule has 1 fully saturated rings. The predicted octanol–water partition coefficient (Wildman–Crippen LogP) is 5.63. The van der Waals surface area contributed by atoms with E-state index in [4.69, 9.17) is 21.1 Å². The van der Waals surface area contributed by atoms with Crippen LogP contribution in [0.4, 0.5) is 0 Å². The normalized spacial score (nSPS) is 14.2. The Morgan fingerprint density at radius 1 is 1.30 bits per heavy atom. The molecule has 0 bridgehead atoms. The zero-order valence-corrected chi connectivity index (χ0v) is 20.4. The summed E-state index contributed by atoms with van der Waals surface area (Å²) < 4.78 is 16.1. The quantitative estimate of drug-likeness (QED) is 0.288. The van der Waals surface area contributed by atoms with E-state index in [0.29, 0.717) is 47.6 Å². The standard InChI is InChI=1S/C24H29ClN2O5S/c1-16(27-22(28)5-3-4-6-23(29)30-2)7-11-19-14-26-24(33-19)32-21-12-10-18(13-20(21)25)31-15-17-8-9-17/h7,10-14,16-17H,3-6,8-9,15H2,1-2H3,(H,27,28)/t16-/m0/s1. The molecule has 0 unspecified atom stereocenters. The van der Waals surface area contributed by atoms with Crippen molar-refractivity contribution in [2.45, 2.75) is 51.5 Å². The number of hydrogen-bond donors (Lipinski definition) is 1. The van der Waals surface area contributed by atoms with Crippen molar-refractivity contribution < 1.29 is 23.8 Å². The minimum Gasteiger partial charge on any atom is -0.493 e. The molecule has 0 radical (unpaired) electrons. The van der Waals surface area contributed by atoms with Gasteiger partial charge in [0.25, 0.3) is 5.19 Å². The van der Waals surface area contributed by atoms with Gasteiger partial charge in [0.1, 0.15) is 11.5 Å². The van der Waals surface area contributed by atoms with Crippen LogP contribution >= 0.6 is 22.9 Å². The number of hydrogen-bond acceptors (Lipinski definition) is 7. The average Bonchev–Trinajstić information content (AvgIpc) is 3.52. The van der Waals surface area contributed by atoms with E-state index in [1.54, 1.807) is 18.3 Å². The first kappa shape index (κ1) is 25.1. The topological polar surface area (TPSA) is 86.8 Å². The molecule has 7 nitrogen and oxygen atoms in total. The number of carbonyl (C=O) groups is 2. The number of esters is 1. The zero-order valence-electron chi connectivity index (χ0n) is 18.8. The minimum absolute atomic E-state index is 0.0513. The first-order valence-electron chi connectivity index (χ1n) is 11.0. The Kier molecular flexibility index (Phi) is 9.57. The number of rotatable bonds is 13. The van der Waals surface area contributed by atoms with E-state index >= 15 is 0 Å². The smallest absolute Gasteiger partial charge is 0.305 e. The van der Waals surface area contributed by atoms with E-state index in [-0.39, 0.29) is 17.9 Å². The second-order valence-electron chi connectivity index (χ2n) is 7.98. The van der Waals surface area contributed by atoms with Gasteiger partial charge in [0, 0.05) is 31.1 Å². The first-order valence-corrected chi connectivity index (χ1v) is 12.2. The van der Waals surface area contributed by atoms with Gasteiger partial charge in [0.2, 0.25) is 5.91 Å². The van der Waals surface area contributed by atoms with Crippen LogP contribution in [0.25, 0.3) is 6.08 Å². The third kappa shape index (κ3) is 9.06. The van der Waals surface area contributed by atoms with Crippen LogP contribution in [0.15, 0.2) is 30.5 Å². The van der Waals surface area contributed by atoms with E-state index in [0.717, 1.165) is 17.2 Å². The molecular formula is C24H29ClN2O5S. The third-order valence-corrected chi connectivity index (χ3v) is 6.12. The summed E-state index contributed by atoms with van der Waals surface area (Å²) in [6, 6.07) is 5.25. The lowest BCUT2D eigenvalue weighted by Crippen LogP contribution is -2.30. The number of amides is 1. The fourth-order valence-electron chi connectivity index (χ4n) is 2.91. The van der Waals surface area contributed by atoms with Crippen LogP contribution in [0, 0.1) is 5.92 Å². The van der Waals surface area contributed by atoms with Crippen molar-refractivity contribution in [1.29, 1.82) is 0 Å². The summed E-state index contributed by atoms with van der Waals surface area (Å²) in [5.41, 5.74) is 0. The highest BCUT2D eigenvalue weighted by molar-refractivity contribution is 7.14. The van der Waals surface area contributed by atoms with Gasteiger partial charge in [-0.3, -0.25) is 9.59 Å². The summed E-state index contributed by atoms with van der Waals surface area (Å²) in [6.45, 7) is 2.63. The average molecular weight is 493 g/mol. The molecule has 1 aromatic carbocycles. The maximum atomic E-state index is 12.0. The lowest BCUT2D eigenvalue weighted by atomic mass is 10.2. The minimum atomic E-state index is -0.253. The Morgan fingerprint density at radius 3 is 2.82 bits per heavy atom. The molecule has 33 heavy (non-hydrogen) atoms. The van der Waals surface area contributed by atoms with Gasteiger partial charge in [-0.15, -0.1) is 0 Å². The highest BCUT2D eigenvalue weighted by atomic mass is 35.5. The van der Waals surface area contributed by atoms with E-state index in [9.17, 15) is 9.59 Å². The molecule has 3 rings (SSSR count). The van der Waals surface area contributed by atoms with E-state index < -0.39 is 0 Å². The molecule has 1 amide bonds. The van der Waals surface area contributed by atoms with Gasteiger partial charge < -0.3 is 19.5 Å². The van der Waals surface area contributed by atoms with Crippen molar-refractivity contribution in [3.63, 3.8) is 0 Å². The SMILES string of the molecule is COC(=O)CCCCC(=O)N[C@@H](C)C=Cc1cnc(Oc2ccc(OCC3CC3)cc2Cl)s1. The number of benzene rings is 1. The second-order valence-corrected chi connectivity index (χ2v) is 9.41. The molecule has 1 aromatic heterocycles. The summed E-state index contributed by atoms with van der Waals surface area (Å²) in [4.78, 5) is 28.3. The molecular weight excluding hydrogens is 464 g/mol. The molecule has 0 spiro atoms. The van der Waals surface area contributed by atoms with Crippen LogP contribution in [-0.4, -0.2) is 36.6 Å². The molecule has 1 N–H and O–H groups in total. The maximum absolute atomic E-state index is 12.0. The van der Waals surface area contributed by atoms with Crippen molar-refractivity contribution in [1.82, 2.24) is 10.3 Å². The maximum Gasteiger partial charge on any atom is 0.305 e. The van der Waals surface area contributed by atoms with Crippen molar-refractivity contribution in [2.24, 2.45) is 5.92 Å². The lowest BCUT2D eigenvalue weighted by molar-refractivity contribution is -0.140. The molecule has 1 heterocycles. The van der Waals surface area contributed by atoms with Crippen LogP contribution in [0.2, 0.25) is 5.02 Å². The number of aromatic nitrogens is 1. The summed E-state index contributed by atoms with van der Waals surface area (Å²) in [5.74, 6) is 1.63. The number of nitrogens with zero attached hydrogens (tertiary/aromatic N) is 1. The van der Waals surface area contributed by atoms with E-state index in [1.807, 2.05) is 25.1 Å². The fourth-order valence-corrected chi connectivity index (χ4v) is 3.81. The van der Waals surface area contributed by atoms with Crippen molar-refractivity contribution in [3.05, 3.63) is 40.4 Å². The van der Waals surface area contributed by atoms with Gasteiger partial charge in [0.15, 0.2) is 0 Å². The van der Waals surface area contributed by atoms with Crippen LogP contribution in [0.1, 0.15) is 50.3 Å². The van der Waals surface area contributed by atoms with Crippen LogP contribution in [0.5, 0.6) is 16.7 Å². The van der Waals surface area contributed by atoms with Crippen molar-refractivity contribution >= 4 is 40.9 Å². The largest absolute Gasteiger partial charge is 0.493 e. The van der Waals surface area contributed by atoms with Gasteiger partial charge in [-0.25, -0.2) is 4.98 Å². The molecule has 178 valence electrons. The Bertz CT molecular complexity index is 974. The summed E-state index contributed by atoms with van der Waals surface area (Å²) in [7, 11) is 1.36. The highest BCUT2D eigenvalue weighted by Crippen LogP contribution is 2.35. The second kappa shape index (κ2) is 12.6. The number of unbranched alkanes of at least 4 members (excludes halogenated alkanes) is 1. The number of halogens is 1. The third-order valence-electron chi connectivity index (χ3n) is 4.99. The van der Waals surface area contributed by atoms with Crippen molar-refractivity contribution in [3.8, 4) is 16.7 Å². The molecule has 1 saturated carbocycles. The number of methoxy groups -OCH3 is 1. The van der Waals surface area contributed by atoms with Crippen LogP contribution in [-0.2, 0) is 14.3 Å². The van der Waals surface area contributed by atoms with Crippen molar-refractivity contribution in [2.75, 3.05) is 13.7 Å². The first-order chi connectivity index (χ1) is 15.9. The summed E-state index contributed by atoms with van der Waals surface area (Å²) in [6.07, 6.45) is 9.94. The predicted molar refractivity (Wildman–Crippen MR) is 129 cm³/mol. The van der Waals surface area contributed by atoms with E-state index in [1.165, 1.54) is 31.3 Å². The lowest BCUT2D eigenvalue weighted by Gasteiger charge is -2.09. The molecule has 9 heteroatoms. The number of thiazole rings is 1. The Balaban J connectivity index is 1.42. The number of ether oxygens (including phenoxy) is 3. The molecule has 0 saturated heterocycles. The van der Waals surface area contributed by atoms with Gasteiger partial charge >= 0.3 is 5.97 Å². The van der Waals surface area contributed by atoms with Gasteiger partial charge in [-0.05, 0) is 56.7 Å². The Morgan fingerprint density at radius 2 is 2.09 bits per heavy atom. The fraction of sp³-hybridized carbons (Fsp3) is 0.458. The van der Waals surface area contributed by atoms with Gasteiger partial charge in [0.05, 0.1) is 23.6 Å². The summed E-state index contributed by atoms with van der Waals surface area (Å²) >= 11 is 7.71. The Labute approximate surface area is 203 Å². The number of nitrogens with one attached hydrogen (secondary N) is 1. The molecule has 1 aliphatic rings. The van der Waals surface area contributed by atoms with Gasteiger partial charge in [-0.2, -0.15) is 0 Å². The molecule has 1 atom stereocenters. The summed E-state index contributed by atoms with van der Waals surface area (Å²) in [5, 5.41) is 3.86. The van der Waals surface area contributed by atoms with Crippen LogP contribution < -0.4 is 14.8 Å². The number of carbonyl (C=O) groups excluding carboxylic acids is 2. The molecule has 0 aliphatic heterocycles. The van der Waals surface area contributed by atoms with Gasteiger partial charge in [-0.1, -0.05) is 29.0 Å². The zero-order chi connectivity index (χ0) is 23.6. The Hall–Kier alpha value is -2.58. The van der Waals surface area contributed by atoms with Crippen LogP contribution in [0.3, 0.4) is 0 Å². The molecule has 2 aromatic rings. The monoisotopic (exact) mass is 492 g/mol. The highest BCUT2D eigenvalue weighted by Gasteiger charge is 2.22. The molecule has 1 aliphatic carbocycles. The van der Waals surface area contributed by atoms with E-state index in [2.05, 4.69) is 15.0 Å².